The molecule has 4 nitrogen and oxygen atoms in total. The van der Waals surface area contributed by atoms with Crippen LogP contribution in [0.1, 0.15) is 12.0 Å². The number of para-hydroxylation sites is 3. The molecule has 1 heterocycles. The molecule has 0 aliphatic carbocycles. The van der Waals surface area contributed by atoms with Gasteiger partial charge in [0.2, 0.25) is 0 Å². The van der Waals surface area contributed by atoms with Crippen molar-refractivity contribution in [2.45, 2.75) is 13.3 Å². The van der Waals surface area contributed by atoms with E-state index in [1.165, 1.54) is 5.69 Å². The number of rotatable bonds is 7. The van der Waals surface area contributed by atoms with Gasteiger partial charge in [0.15, 0.2) is 0 Å². The second kappa shape index (κ2) is 10.6. The van der Waals surface area contributed by atoms with Crippen molar-refractivity contribution in [3.63, 3.8) is 0 Å². The number of anilines is 1. The first-order valence-corrected chi connectivity index (χ1v) is 9.55. The summed E-state index contributed by atoms with van der Waals surface area (Å²) in [6.45, 7) is 7.92. The topological polar surface area (TPSA) is 24.9 Å². The Labute approximate surface area is 173 Å². The van der Waals surface area contributed by atoms with Gasteiger partial charge in [-0.1, -0.05) is 35.9 Å². The quantitative estimate of drug-likeness (QED) is 0.619. The monoisotopic (exact) mass is 410 g/mol. The first-order chi connectivity index (χ1) is 12.7. The van der Waals surface area contributed by atoms with Crippen LogP contribution in [0.25, 0.3) is 0 Å². The van der Waals surface area contributed by atoms with E-state index >= 15 is 0 Å². The van der Waals surface area contributed by atoms with E-state index in [1.807, 2.05) is 37.3 Å². The van der Waals surface area contributed by atoms with Crippen LogP contribution in [0.5, 0.6) is 11.5 Å². The third kappa shape index (κ3) is 5.68. The van der Waals surface area contributed by atoms with Gasteiger partial charge in [-0.3, -0.25) is 4.90 Å². The van der Waals surface area contributed by atoms with Crippen LogP contribution in [0.4, 0.5) is 5.69 Å². The van der Waals surface area contributed by atoms with E-state index in [1.54, 1.807) is 7.11 Å². The summed E-state index contributed by atoms with van der Waals surface area (Å²) in [4.78, 5) is 4.90. The van der Waals surface area contributed by atoms with Crippen LogP contribution in [0.15, 0.2) is 42.5 Å². The normalized spacial score (nSPS) is 14.6. The summed E-state index contributed by atoms with van der Waals surface area (Å²) in [5, 5.41) is 0.690. The van der Waals surface area contributed by atoms with Gasteiger partial charge in [0.1, 0.15) is 11.5 Å². The lowest BCUT2D eigenvalue weighted by Crippen LogP contribution is -2.46. The highest BCUT2D eigenvalue weighted by Gasteiger charge is 2.19. The van der Waals surface area contributed by atoms with Crippen LogP contribution in [0, 0.1) is 6.92 Å². The second-order valence-corrected chi connectivity index (χ2v) is 7.00. The van der Waals surface area contributed by atoms with E-state index in [0.717, 1.165) is 56.2 Å². The van der Waals surface area contributed by atoms with Crippen molar-refractivity contribution < 1.29 is 9.47 Å². The molecule has 0 atom stereocenters. The third-order valence-corrected chi connectivity index (χ3v) is 5.12. The molecule has 1 saturated heterocycles. The summed E-state index contributed by atoms with van der Waals surface area (Å²) in [5.74, 6) is 1.76. The Hall–Kier alpha value is -1.62. The summed E-state index contributed by atoms with van der Waals surface area (Å²) < 4.78 is 11.4. The fourth-order valence-corrected chi connectivity index (χ4v) is 3.64. The molecule has 2 aromatic carbocycles. The average Bonchev–Trinajstić information content (AvgIpc) is 2.67. The highest BCUT2D eigenvalue weighted by molar-refractivity contribution is 6.32. The lowest BCUT2D eigenvalue weighted by Gasteiger charge is -2.36. The van der Waals surface area contributed by atoms with Gasteiger partial charge in [-0.25, -0.2) is 0 Å². The molecule has 0 aromatic heterocycles. The minimum Gasteiger partial charge on any atom is -0.495 e. The van der Waals surface area contributed by atoms with Gasteiger partial charge in [0.25, 0.3) is 0 Å². The Morgan fingerprint density at radius 1 is 1.00 bits per heavy atom. The number of hydrogen-bond acceptors (Lipinski definition) is 4. The molecule has 0 bridgehead atoms. The molecular formula is C21H28Cl2N2O2. The zero-order valence-electron chi connectivity index (χ0n) is 16.0. The maximum atomic E-state index is 6.20. The van der Waals surface area contributed by atoms with Gasteiger partial charge in [0.05, 0.1) is 24.4 Å². The van der Waals surface area contributed by atoms with Gasteiger partial charge in [-0.05, 0) is 37.1 Å². The van der Waals surface area contributed by atoms with E-state index < -0.39 is 0 Å². The molecule has 0 amide bonds. The molecule has 1 aliphatic heterocycles. The van der Waals surface area contributed by atoms with Crippen LogP contribution in [-0.4, -0.2) is 51.3 Å². The molecule has 0 spiro atoms. The highest BCUT2D eigenvalue weighted by atomic mass is 35.5. The van der Waals surface area contributed by atoms with E-state index in [-0.39, 0.29) is 12.4 Å². The summed E-state index contributed by atoms with van der Waals surface area (Å²) in [5.41, 5.74) is 2.27. The Bertz CT molecular complexity index is 699. The van der Waals surface area contributed by atoms with Crippen LogP contribution in [0.3, 0.4) is 0 Å². The summed E-state index contributed by atoms with van der Waals surface area (Å²) >= 11 is 6.20. The number of ether oxygens (including phenoxy) is 2. The number of halogens is 2. The molecule has 0 N–H and O–H groups in total. The fourth-order valence-electron chi connectivity index (χ4n) is 3.37. The van der Waals surface area contributed by atoms with Crippen LogP contribution < -0.4 is 14.4 Å². The van der Waals surface area contributed by atoms with Crippen molar-refractivity contribution in [3.05, 3.63) is 53.1 Å². The van der Waals surface area contributed by atoms with Gasteiger partial charge in [-0.15, -0.1) is 12.4 Å². The van der Waals surface area contributed by atoms with Crippen LogP contribution >= 0.6 is 24.0 Å². The van der Waals surface area contributed by atoms with Crippen LogP contribution in [0.2, 0.25) is 5.02 Å². The first kappa shape index (κ1) is 21.7. The minimum absolute atomic E-state index is 0. The largest absolute Gasteiger partial charge is 0.495 e. The zero-order valence-corrected chi connectivity index (χ0v) is 17.6. The summed E-state index contributed by atoms with van der Waals surface area (Å²) in [6.07, 6.45) is 0.999. The number of methoxy groups -OCH3 is 1. The van der Waals surface area contributed by atoms with Crippen molar-refractivity contribution in [3.8, 4) is 11.5 Å². The maximum absolute atomic E-state index is 6.20. The van der Waals surface area contributed by atoms with E-state index in [9.17, 15) is 0 Å². The lowest BCUT2D eigenvalue weighted by atomic mass is 10.2. The molecule has 2 aromatic rings. The van der Waals surface area contributed by atoms with Gasteiger partial charge < -0.3 is 14.4 Å². The predicted octanol–water partition coefficient (Wildman–Crippen LogP) is 4.67. The van der Waals surface area contributed by atoms with Gasteiger partial charge in [-0.2, -0.15) is 0 Å². The fraction of sp³-hybridized carbons (Fsp3) is 0.429. The molecule has 0 saturated carbocycles. The lowest BCUT2D eigenvalue weighted by molar-refractivity contribution is 0.224. The van der Waals surface area contributed by atoms with Crippen molar-refractivity contribution in [2.75, 3.05) is 51.3 Å². The smallest absolute Gasteiger partial charge is 0.142 e. The number of piperazine rings is 1. The minimum atomic E-state index is 0. The standard InChI is InChI=1S/C21H27ClN2O2.ClH/c1-17-7-5-8-18(22)21(17)26-16-6-11-23-12-14-24(15-13-23)19-9-3-4-10-20(19)25-2;/h3-5,7-10H,6,11-16H2,1-2H3;1H. The number of hydrogen-bond donors (Lipinski definition) is 0. The number of nitrogens with zero attached hydrogens (tertiary/aromatic N) is 2. The van der Waals surface area contributed by atoms with Crippen molar-refractivity contribution in [1.82, 2.24) is 4.90 Å². The average molecular weight is 411 g/mol. The zero-order chi connectivity index (χ0) is 18.4. The molecule has 1 aliphatic rings. The van der Waals surface area contributed by atoms with E-state index in [4.69, 9.17) is 21.1 Å². The Balaban J connectivity index is 0.00000261. The van der Waals surface area contributed by atoms with Gasteiger partial charge in [0, 0.05) is 32.7 Å². The maximum Gasteiger partial charge on any atom is 0.142 e. The molecule has 0 unspecified atom stereocenters. The summed E-state index contributed by atoms with van der Waals surface area (Å²) in [7, 11) is 1.73. The Morgan fingerprint density at radius 3 is 2.44 bits per heavy atom. The van der Waals surface area contributed by atoms with Crippen LogP contribution in [-0.2, 0) is 0 Å². The molecule has 148 valence electrons. The summed E-state index contributed by atoms with van der Waals surface area (Å²) in [6, 6.07) is 14.1. The van der Waals surface area contributed by atoms with Crippen molar-refractivity contribution in [1.29, 1.82) is 0 Å². The molecule has 0 radical (unpaired) electrons. The highest BCUT2D eigenvalue weighted by Crippen LogP contribution is 2.29. The van der Waals surface area contributed by atoms with E-state index in [2.05, 4.69) is 21.9 Å². The molecule has 27 heavy (non-hydrogen) atoms. The number of benzene rings is 2. The number of aryl methyl sites for hydroxylation is 1. The Morgan fingerprint density at radius 2 is 1.74 bits per heavy atom. The molecule has 3 rings (SSSR count). The molecular weight excluding hydrogens is 383 g/mol. The first-order valence-electron chi connectivity index (χ1n) is 9.17. The van der Waals surface area contributed by atoms with Crippen molar-refractivity contribution in [2.24, 2.45) is 0 Å². The Kier molecular flexibility index (Phi) is 8.55. The molecule has 1 fully saturated rings. The predicted molar refractivity (Wildman–Crippen MR) is 115 cm³/mol. The molecule has 6 heteroatoms. The van der Waals surface area contributed by atoms with Crippen molar-refractivity contribution >= 4 is 29.7 Å². The second-order valence-electron chi connectivity index (χ2n) is 6.59. The van der Waals surface area contributed by atoms with E-state index in [0.29, 0.717) is 11.6 Å². The SMILES string of the molecule is COc1ccccc1N1CCN(CCCOc2c(C)cccc2Cl)CC1.Cl. The third-order valence-electron chi connectivity index (χ3n) is 4.83. The van der Waals surface area contributed by atoms with Gasteiger partial charge >= 0.3 is 0 Å².